The largest absolute Gasteiger partial charge is 0.357 e. The fraction of sp³-hybridized carbons (Fsp3) is 0.357. The lowest BCUT2D eigenvalue weighted by Gasteiger charge is -2.32. The zero-order valence-electron chi connectivity index (χ0n) is 20.2. The quantitative estimate of drug-likeness (QED) is 0.416. The lowest BCUT2D eigenvalue weighted by atomic mass is 9.85. The maximum Gasteiger partial charge on any atom is 0.242 e. The second-order valence-corrected chi connectivity index (χ2v) is 9.57. The molecule has 3 atom stereocenters. The molecule has 7 nitrogen and oxygen atoms in total. The van der Waals surface area contributed by atoms with Gasteiger partial charge in [-0.3, -0.25) is 24.1 Å². The van der Waals surface area contributed by atoms with Gasteiger partial charge < -0.3 is 10.2 Å². The van der Waals surface area contributed by atoms with Crippen LogP contribution >= 0.6 is 11.6 Å². The van der Waals surface area contributed by atoms with Crippen LogP contribution in [0.3, 0.4) is 0 Å². The van der Waals surface area contributed by atoms with Crippen LogP contribution in [0.1, 0.15) is 30.4 Å². The fourth-order valence-corrected chi connectivity index (χ4v) is 5.17. The second kappa shape index (κ2) is 11.5. The number of rotatable bonds is 9. The third-order valence-corrected chi connectivity index (χ3v) is 7.33. The normalized spacial score (nSPS) is 19.7. The van der Waals surface area contributed by atoms with E-state index in [4.69, 9.17) is 11.6 Å². The molecule has 1 saturated heterocycles. The maximum atomic E-state index is 13.6. The van der Waals surface area contributed by atoms with Gasteiger partial charge in [-0.05, 0) is 30.0 Å². The Morgan fingerprint density at radius 2 is 1.61 bits per heavy atom. The average molecular weight is 508 g/mol. The van der Waals surface area contributed by atoms with E-state index in [1.54, 1.807) is 12.1 Å². The van der Waals surface area contributed by atoms with Crippen LogP contribution in [0.15, 0.2) is 66.7 Å². The molecule has 2 aliphatic rings. The summed E-state index contributed by atoms with van der Waals surface area (Å²) in [6.07, 6.45) is 5.21. The van der Waals surface area contributed by atoms with Gasteiger partial charge in [0.25, 0.3) is 0 Å². The van der Waals surface area contributed by atoms with Gasteiger partial charge in [-0.2, -0.15) is 0 Å². The molecule has 0 aromatic heterocycles. The summed E-state index contributed by atoms with van der Waals surface area (Å²) in [6, 6.07) is 15.9. The van der Waals surface area contributed by atoms with Gasteiger partial charge in [-0.25, -0.2) is 0 Å². The number of hydrogen-bond donors (Lipinski definition) is 1. The smallest absolute Gasteiger partial charge is 0.242 e. The van der Waals surface area contributed by atoms with E-state index in [0.717, 1.165) is 5.56 Å². The van der Waals surface area contributed by atoms with Crippen LogP contribution in [-0.2, 0) is 32.1 Å². The van der Waals surface area contributed by atoms with Crippen molar-refractivity contribution in [3.8, 4) is 0 Å². The third kappa shape index (κ3) is 5.51. The summed E-state index contributed by atoms with van der Waals surface area (Å²) in [4.78, 5) is 55.1. The summed E-state index contributed by atoms with van der Waals surface area (Å²) < 4.78 is 0. The van der Waals surface area contributed by atoms with Crippen LogP contribution in [0.5, 0.6) is 0 Å². The number of carbonyl (C=O) groups excluding carboxylic acids is 4. The van der Waals surface area contributed by atoms with E-state index < -0.39 is 6.04 Å². The van der Waals surface area contributed by atoms with E-state index in [0.29, 0.717) is 29.8 Å². The van der Waals surface area contributed by atoms with Crippen molar-refractivity contribution in [2.45, 2.75) is 38.3 Å². The molecule has 36 heavy (non-hydrogen) atoms. The Kier molecular flexibility index (Phi) is 8.21. The van der Waals surface area contributed by atoms with Crippen molar-refractivity contribution < 1.29 is 19.2 Å². The highest BCUT2D eigenvalue weighted by molar-refractivity contribution is 6.31. The van der Waals surface area contributed by atoms with Gasteiger partial charge in [0, 0.05) is 38.0 Å². The Morgan fingerprint density at radius 3 is 2.22 bits per heavy atom. The number of carbonyl (C=O) groups is 4. The lowest BCUT2D eigenvalue weighted by Crippen LogP contribution is -2.50. The van der Waals surface area contributed by atoms with Crippen molar-refractivity contribution in [2.75, 3.05) is 13.6 Å². The standard InChI is InChI=1S/C28H30ClN3O4/c1-30-26(34)24(17-19-9-3-2-4-10-19)32(18-20-11-5-8-14-23(20)29)25(33)15-16-31-27(35)21-12-6-7-13-22(21)28(31)36/h2-11,14,21-22,24H,12-13,15-18H2,1H3,(H,30,34)/t21-,22+,24-/m1/s1. The SMILES string of the molecule is CNC(=O)[C@@H](Cc1ccccc1)N(Cc1ccccc1Cl)C(=O)CCN1C(=O)[C@H]2CC=CC[C@H]2C1=O. The number of nitrogens with zero attached hydrogens (tertiary/aromatic N) is 2. The molecular formula is C28H30ClN3O4. The molecule has 1 heterocycles. The number of likely N-dealkylation sites (tertiary alicyclic amines) is 1. The van der Waals surface area contributed by atoms with Crippen LogP contribution < -0.4 is 5.32 Å². The van der Waals surface area contributed by atoms with E-state index in [-0.39, 0.29) is 55.0 Å². The predicted molar refractivity (Wildman–Crippen MR) is 137 cm³/mol. The number of imide groups is 1. The van der Waals surface area contributed by atoms with E-state index in [9.17, 15) is 19.2 Å². The minimum atomic E-state index is -0.794. The minimum Gasteiger partial charge on any atom is -0.357 e. The molecule has 0 unspecified atom stereocenters. The van der Waals surface area contributed by atoms with E-state index in [1.807, 2.05) is 54.6 Å². The van der Waals surface area contributed by atoms with Gasteiger partial charge in [0.1, 0.15) is 6.04 Å². The van der Waals surface area contributed by atoms with Crippen molar-refractivity contribution >= 4 is 35.2 Å². The number of allylic oxidation sites excluding steroid dienone is 2. The highest BCUT2D eigenvalue weighted by Gasteiger charge is 2.47. The zero-order chi connectivity index (χ0) is 25.7. The van der Waals surface area contributed by atoms with Gasteiger partial charge in [-0.1, -0.05) is 72.3 Å². The molecule has 0 spiro atoms. The predicted octanol–water partition coefficient (Wildman–Crippen LogP) is 3.37. The van der Waals surface area contributed by atoms with Crippen LogP contribution in [0.2, 0.25) is 5.02 Å². The van der Waals surface area contributed by atoms with E-state index in [2.05, 4.69) is 5.32 Å². The molecule has 4 rings (SSSR count). The number of nitrogens with one attached hydrogen (secondary N) is 1. The van der Waals surface area contributed by atoms with Crippen molar-refractivity contribution in [3.05, 3.63) is 82.9 Å². The Labute approximate surface area is 216 Å². The molecule has 2 aromatic rings. The van der Waals surface area contributed by atoms with E-state index >= 15 is 0 Å². The molecule has 1 N–H and O–H groups in total. The second-order valence-electron chi connectivity index (χ2n) is 9.17. The summed E-state index contributed by atoms with van der Waals surface area (Å²) in [7, 11) is 1.54. The molecule has 4 amide bonds. The molecule has 188 valence electrons. The molecule has 8 heteroatoms. The Hall–Kier alpha value is -3.45. The fourth-order valence-electron chi connectivity index (χ4n) is 4.97. The zero-order valence-corrected chi connectivity index (χ0v) is 21.0. The Balaban J connectivity index is 1.57. The van der Waals surface area contributed by atoms with Gasteiger partial charge in [0.05, 0.1) is 11.8 Å². The summed E-state index contributed by atoms with van der Waals surface area (Å²) in [5, 5.41) is 3.17. The molecule has 1 fully saturated rings. The molecule has 1 aliphatic carbocycles. The van der Waals surface area contributed by atoms with Crippen molar-refractivity contribution in [3.63, 3.8) is 0 Å². The summed E-state index contributed by atoms with van der Waals surface area (Å²) in [5.74, 6) is -1.74. The first-order chi connectivity index (χ1) is 17.4. The van der Waals surface area contributed by atoms with Gasteiger partial charge in [-0.15, -0.1) is 0 Å². The van der Waals surface area contributed by atoms with Gasteiger partial charge in [0.15, 0.2) is 0 Å². The van der Waals surface area contributed by atoms with Crippen LogP contribution in [0.25, 0.3) is 0 Å². The van der Waals surface area contributed by atoms with Gasteiger partial charge in [0.2, 0.25) is 23.6 Å². The van der Waals surface area contributed by atoms with Crippen molar-refractivity contribution in [2.24, 2.45) is 11.8 Å². The Morgan fingerprint density at radius 1 is 1.00 bits per heavy atom. The van der Waals surface area contributed by atoms with Crippen LogP contribution in [-0.4, -0.2) is 53.1 Å². The highest BCUT2D eigenvalue weighted by atomic mass is 35.5. The summed E-state index contributed by atoms with van der Waals surface area (Å²) >= 11 is 6.40. The molecular weight excluding hydrogens is 478 g/mol. The number of amides is 4. The number of halogens is 1. The minimum absolute atomic E-state index is 0.00563. The molecule has 2 aromatic carbocycles. The average Bonchev–Trinajstić information content (AvgIpc) is 3.15. The van der Waals surface area contributed by atoms with Crippen LogP contribution in [0.4, 0.5) is 0 Å². The summed E-state index contributed by atoms with van der Waals surface area (Å²) in [6.45, 7) is 0.120. The lowest BCUT2D eigenvalue weighted by molar-refractivity contribution is -0.144. The molecule has 1 aliphatic heterocycles. The topological polar surface area (TPSA) is 86.8 Å². The van der Waals surface area contributed by atoms with E-state index in [1.165, 1.54) is 16.8 Å². The summed E-state index contributed by atoms with van der Waals surface area (Å²) in [5.41, 5.74) is 1.62. The highest BCUT2D eigenvalue weighted by Crippen LogP contribution is 2.35. The number of benzene rings is 2. The van der Waals surface area contributed by atoms with Crippen molar-refractivity contribution in [1.29, 1.82) is 0 Å². The Bertz CT molecular complexity index is 1140. The first-order valence-corrected chi connectivity index (χ1v) is 12.6. The number of fused-ring (bicyclic) bond motifs is 1. The first-order valence-electron chi connectivity index (χ1n) is 12.2. The first kappa shape index (κ1) is 25.6. The number of likely N-dealkylation sites (N-methyl/N-ethyl adjacent to an activating group) is 1. The maximum absolute atomic E-state index is 13.6. The van der Waals surface area contributed by atoms with Crippen molar-refractivity contribution in [1.82, 2.24) is 15.1 Å². The third-order valence-electron chi connectivity index (χ3n) is 6.96. The van der Waals surface area contributed by atoms with Crippen LogP contribution in [0, 0.1) is 11.8 Å². The molecule has 0 radical (unpaired) electrons. The molecule has 0 saturated carbocycles. The monoisotopic (exact) mass is 507 g/mol. The van der Waals surface area contributed by atoms with Gasteiger partial charge >= 0.3 is 0 Å². The molecule has 0 bridgehead atoms. The number of hydrogen-bond acceptors (Lipinski definition) is 4.